The van der Waals surface area contributed by atoms with Gasteiger partial charge in [-0.2, -0.15) is 0 Å². The molecular formula is C28H37BrN4O5. The van der Waals surface area contributed by atoms with Crippen LogP contribution in [0.1, 0.15) is 72.0 Å². The number of anilines is 1. The highest BCUT2D eigenvalue weighted by Crippen LogP contribution is 2.34. The maximum atomic E-state index is 13.3. The van der Waals surface area contributed by atoms with E-state index < -0.39 is 5.97 Å². The fourth-order valence-corrected chi connectivity index (χ4v) is 4.42. The lowest BCUT2D eigenvalue weighted by Gasteiger charge is -2.28. The summed E-state index contributed by atoms with van der Waals surface area (Å²) in [6.07, 6.45) is -0.130. The number of amidine groups is 1. The second-order valence-corrected chi connectivity index (χ2v) is 10.6. The van der Waals surface area contributed by atoms with Gasteiger partial charge in [-0.3, -0.25) is 19.8 Å². The highest BCUT2D eigenvalue weighted by atomic mass is 79.9. The maximum Gasteiger partial charge on any atom is 0.323 e. The van der Waals surface area contributed by atoms with Gasteiger partial charge < -0.3 is 25.0 Å². The zero-order chi connectivity index (χ0) is 27.7. The number of carboxylic acid groups (broad SMARTS) is 1. The van der Waals surface area contributed by atoms with Crippen molar-refractivity contribution in [1.82, 2.24) is 10.2 Å². The number of Topliss-reactive ketones (excluding diaryl/α,β-unsaturated/α-hetero) is 1. The SMILES string of the molecule is Br.CNC(=O)c1cc2c(cc1OC(C)C)CN(CC(=O)c1ccc(N(C)CC(=O)O)c(C(C)(C)C)c1)C2=N. The number of likely N-dealkylation sites (N-methyl/N-ethyl adjacent to an activating group) is 1. The van der Waals surface area contributed by atoms with E-state index in [0.717, 1.165) is 16.8 Å². The molecule has 10 heteroatoms. The van der Waals surface area contributed by atoms with Crippen molar-refractivity contribution < 1.29 is 24.2 Å². The van der Waals surface area contributed by atoms with Gasteiger partial charge >= 0.3 is 5.97 Å². The number of carbonyl (C=O) groups is 3. The Kier molecular flexibility index (Phi) is 9.72. The zero-order valence-corrected chi connectivity index (χ0v) is 24.7. The van der Waals surface area contributed by atoms with Crippen LogP contribution < -0.4 is 15.0 Å². The van der Waals surface area contributed by atoms with E-state index in [0.29, 0.717) is 29.0 Å². The van der Waals surface area contributed by atoms with Crippen molar-refractivity contribution in [2.75, 3.05) is 32.1 Å². The number of nitrogens with one attached hydrogen (secondary N) is 2. The third kappa shape index (κ3) is 6.72. The molecule has 0 bridgehead atoms. The van der Waals surface area contributed by atoms with Gasteiger partial charge in [0, 0.05) is 37.5 Å². The van der Waals surface area contributed by atoms with Crippen LogP contribution in [0.5, 0.6) is 5.75 Å². The van der Waals surface area contributed by atoms with Crippen LogP contribution in [0.15, 0.2) is 30.3 Å². The normalized spacial score (nSPS) is 12.6. The standard InChI is InChI=1S/C28H36N4O5.BrH/c1-16(2)37-24-11-18-13-32(26(29)19(18)12-20(24)27(36)30-6)14-23(33)17-8-9-22(31(7)15-25(34)35)21(10-17)28(3,4)5;/h8-12,16,29H,13-15H2,1-7H3,(H,30,36)(H,34,35);1H. The quantitative estimate of drug-likeness (QED) is 0.374. The first-order chi connectivity index (χ1) is 17.2. The van der Waals surface area contributed by atoms with Crippen molar-refractivity contribution in [2.45, 2.75) is 52.7 Å². The average molecular weight is 590 g/mol. The lowest BCUT2D eigenvalue weighted by molar-refractivity contribution is -0.135. The molecule has 0 aliphatic carbocycles. The molecule has 0 saturated heterocycles. The van der Waals surface area contributed by atoms with Crippen LogP contribution in [0, 0.1) is 5.41 Å². The van der Waals surface area contributed by atoms with Gasteiger partial charge in [0.15, 0.2) is 5.78 Å². The molecule has 1 heterocycles. The molecule has 1 aliphatic rings. The summed E-state index contributed by atoms with van der Waals surface area (Å²) in [5.74, 6) is -0.760. The van der Waals surface area contributed by atoms with Gasteiger partial charge in [-0.25, -0.2) is 0 Å². The molecule has 3 N–H and O–H groups in total. The number of rotatable bonds is 9. The lowest BCUT2D eigenvalue weighted by Crippen LogP contribution is -2.31. The van der Waals surface area contributed by atoms with Crippen LogP contribution in [0.3, 0.4) is 0 Å². The molecule has 0 aromatic heterocycles. The molecule has 1 aliphatic heterocycles. The number of carboxylic acids is 1. The van der Waals surface area contributed by atoms with Crippen LogP contribution in [0.4, 0.5) is 5.69 Å². The van der Waals surface area contributed by atoms with Crippen LogP contribution >= 0.6 is 17.0 Å². The van der Waals surface area contributed by atoms with Crippen molar-refractivity contribution in [3.63, 3.8) is 0 Å². The molecule has 0 spiro atoms. The lowest BCUT2D eigenvalue weighted by atomic mass is 9.84. The maximum absolute atomic E-state index is 13.3. The number of aliphatic carboxylic acids is 1. The van der Waals surface area contributed by atoms with Crippen LogP contribution in [-0.4, -0.2) is 66.8 Å². The minimum absolute atomic E-state index is 0. The summed E-state index contributed by atoms with van der Waals surface area (Å²) in [6.45, 7) is 10.0. The van der Waals surface area contributed by atoms with Gasteiger partial charge in [0.1, 0.15) is 18.1 Å². The summed E-state index contributed by atoms with van der Waals surface area (Å²) < 4.78 is 5.86. The van der Waals surface area contributed by atoms with E-state index in [1.165, 1.54) is 0 Å². The predicted octanol–water partition coefficient (Wildman–Crippen LogP) is 4.25. The Bertz CT molecular complexity index is 1250. The summed E-state index contributed by atoms with van der Waals surface area (Å²) >= 11 is 0. The molecule has 2 aromatic carbocycles. The number of ketones is 1. The van der Waals surface area contributed by atoms with Crippen LogP contribution in [0.2, 0.25) is 0 Å². The summed E-state index contributed by atoms with van der Waals surface area (Å²) in [6, 6.07) is 8.75. The Morgan fingerprint density at radius 2 is 1.84 bits per heavy atom. The largest absolute Gasteiger partial charge is 0.490 e. The van der Waals surface area contributed by atoms with Crippen molar-refractivity contribution in [3.05, 3.63) is 58.1 Å². The second kappa shape index (κ2) is 12.0. The van der Waals surface area contributed by atoms with Gasteiger partial charge in [-0.1, -0.05) is 20.8 Å². The third-order valence-electron chi connectivity index (χ3n) is 6.22. The molecule has 1 amide bonds. The molecule has 206 valence electrons. The molecule has 9 nitrogen and oxygen atoms in total. The minimum atomic E-state index is -0.934. The first-order valence-electron chi connectivity index (χ1n) is 12.2. The molecule has 0 unspecified atom stereocenters. The van der Waals surface area contributed by atoms with Gasteiger partial charge in [-0.15, -0.1) is 17.0 Å². The number of fused-ring (bicyclic) bond motifs is 1. The summed E-state index contributed by atoms with van der Waals surface area (Å²) in [5, 5.41) is 20.5. The predicted molar refractivity (Wildman–Crippen MR) is 154 cm³/mol. The van der Waals surface area contributed by atoms with E-state index in [2.05, 4.69) is 5.32 Å². The number of carbonyl (C=O) groups excluding carboxylic acids is 2. The topological polar surface area (TPSA) is 123 Å². The number of benzene rings is 2. The van der Waals surface area contributed by atoms with Gasteiger partial charge in [0.05, 0.1) is 18.2 Å². The smallest absolute Gasteiger partial charge is 0.323 e. The first kappa shape index (κ1) is 30.8. The van der Waals surface area contributed by atoms with Gasteiger partial charge in [0.2, 0.25) is 0 Å². The van der Waals surface area contributed by atoms with E-state index in [1.807, 2.05) is 40.7 Å². The van der Waals surface area contributed by atoms with E-state index in [-0.39, 0.29) is 59.1 Å². The van der Waals surface area contributed by atoms with E-state index >= 15 is 0 Å². The van der Waals surface area contributed by atoms with E-state index in [1.54, 1.807) is 48.2 Å². The van der Waals surface area contributed by atoms with Crippen molar-refractivity contribution in [1.29, 1.82) is 5.41 Å². The number of halogens is 1. The van der Waals surface area contributed by atoms with Gasteiger partial charge in [0.25, 0.3) is 5.91 Å². The number of hydrogen-bond acceptors (Lipinski definition) is 6. The zero-order valence-electron chi connectivity index (χ0n) is 23.0. The van der Waals surface area contributed by atoms with Crippen LogP contribution in [0.25, 0.3) is 0 Å². The molecular weight excluding hydrogens is 552 g/mol. The Morgan fingerprint density at radius 3 is 2.39 bits per heavy atom. The number of amides is 1. The molecule has 3 rings (SSSR count). The highest BCUT2D eigenvalue weighted by Gasteiger charge is 2.30. The average Bonchev–Trinajstić information content (AvgIpc) is 3.10. The third-order valence-corrected chi connectivity index (χ3v) is 6.22. The molecule has 0 radical (unpaired) electrons. The summed E-state index contributed by atoms with van der Waals surface area (Å²) in [5.41, 5.74) is 3.57. The molecule has 0 saturated carbocycles. The van der Waals surface area contributed by atoms with E-state index in [4.69, 9.17) is 10.1 Å². The minimum Gasteiger partial charge on any atom is -0.490 e. The first-order valence-corrected chi connectivity index (χ1v) is 12.2. The summed E-state index contributed by atoms with van der Waals surface area (Å²) in [4.78, 5) is 40.4. The van der Waals surface area contributed by atoms with E-state index in [9.17, 15) is 19.5 Å². The second-order valence-electron chi connectivity index (χ2n) is 10.6. The number of hydrogen-bond donors (Lipinski definition) is 3. The molecule has 2 aromatic rings. The van der Waals surface area contributed by atoms with Crippen molar-refractivity contribution in [2.24, 2.45) is 0 Å². The van der Waals surface area contributed by atoms with Crippen molar-refractivity contribution in [3.8, 4) is 5.75 Å². The Balaban J connectivity index is 0.00000507. The number of nitrogens with zero attached hydrogens (tertiary/aromatic N) is 2. The molecule has 38 heavy (non-hydrogen) atoms. The van der Waals surface area contributed by atoms with Crippen molar-refractivity contribution >= 4 is 46.2 Å². The molecule has 0 fully saturated rings. The summed E-state index contributed by atoms with van der Waals surface area (Å²) in [7, 11) is 3.26. The Hall–Kier alpha value is -3.40. The fourth-order valence-electron chi connectivity index (χ4n) is 4.42. The highest BCUT2D eigenvalue weighted by molar-refractivity contribution is 8.93. The Labute approximate surface area is 234 Å². The fraction of sp³-hybridized carbons (Fsp3) is 0.429. The molecule has 0 atom stereocenters. The monoisotopic (exact) mass is 588 g/mol. The Morgan fingerprint density at radius 1 is 1.18 bits per heavy atom. The van der Waals surface area contributed by atoms with Crippen LogP contribution in [-0.2, 0) is 16.8 Å². The van der Waals surface area contributed by atoms with Gasteiger partial charge in [-0.05, 0) is 60.7 Å². The number of ether oxygens (including phenoxy) is 1.